The normalized spacial score (nSPS) is 14.0. The molecule has 0 fully saturated rings. The number of hydrogen-bond acceptors (Lipinski definition) is 0. The van der Waals surface area contributed by atoms with Crippen molar-refractivity contribution < 1.29 is 0 Å². The molecule has 6 aromatic rings. The van der Waals surface area contributed by atoms with Gasteiger partial charge >= 0.3 is 0 Å². The molecule has 0 unspecified atom stereocenters. The monoisotopic (exact) mass is 488 g/mol. The van der Waals surface area contributed by atoms with Gasteiger partial charge in [-0.1, -0.05) is 136 Å². The predicted octanol–water partition coefficient (Wildman–Crippen LogP) is 9.96. The molecule has 0 saturated heterocycles. The molecule has 0 amide bonds. The maximum absolute atomic E-state index is 2.43. The second-order valence-electron chi connectivity index (χ2n) is 11.9. The summed E-state index contributed by atoms with van der Waals surface area (Å²) in [5, 5.41) is 5.15. The van der Waals surface area contributed by atoms with Crippen molar-refractivity contribution in [3.8, 4) is 11.1 Å². The van der Waals surface area contributed by atoms with Crippen molar-refractivity contribution in [2.24, 2.45) is 0 Å². The Hall–Kier alpha value is -4.16. The summed E-state index contributed by atoms with van der Waals surface area (Å²) < 4.78 is 0. The molecule has 38 heavy (non-hydrogen) atoms. The van der Waals surface area contributed by atoms with Gasteiger partial charge in [0.2, 0.25) is 0 Å². The highest BCUT2D eigenvalue weighted by Gasteiger charge is 2.46. The van der Waals surface area contributed by atoms with Crippen LogP contribution in [0.5, 0.6) is 0 Å². The van der Waals surface area contributed by atoms with Crippen LogP contribution in [0.25, 0.3) is 32.7 Å². The first-order valence-corrected chi connectivity index (χ1v) is 13.6. The van der Waals surface area contributed by atoms with Gasteiger partial charge in [0.15, 0.2) is 0 Å². The Morgan fingerprint density at radius 1 is 0.474 bits per heavy atom. The molecule has 0 bridgehead atoms. The number of benzene rings is 6. The number of fused-ring (bicyclic) bond motifs is 5. The molecular weight excluding hydrogens is 456 g/mol. The highest BCUT2D eigenvalue weighted by molar-refractivity contribution is 5.91. The lowest BCUT2D eigenvalue weighted by Crippen LogP contribution is -2.28. The molecule has 0 radical (unpaired) electrons. The van der Waals surface area contributed by atoms with Crippen LogP contribution in [0.4, 0.5) is 0 Å². The van der Waals surface area contributed by atoms with Crippen molar-refractivity contribution >= 4 is 21.5 Å². The summed E-state index contributed by atoms with van der Waals surface area (Å²) in [6.07, 6.45) is 0. The minimum atomic E-state index is -0.386. The molecule has 0 aromatic heterocycles. The quantitative estimate of drug-likeness (QED) is 0.227. The van der Waals surface area contributed by atoms with E-state index in [0.29, 0.717) is 0 Å². The van der Waals surface area contributed by atoms with Crippen molar-refractivity contribution in [2.45, 2.75) is 38.5 Å². The van der Waals surface area contributed by atoms with Crippen molar-refractivity contribution in [2.75, 3.05) is 0 Å². The third-order valence-corrected chi connectivity index (χ3v) is 8.52. The summed E-state index contributed by atoms with van der Waals surface area (Å²) in [6, 6.07) is 45.9. The van der Waals surface area contributed by atoms with E-state index < -0.39 is 0 Å². The van der Waals surface area contributed by atoms with Gasteiger partial charge in [-0.2, -0.15) is 0 Å². The minimum absolute atomic E-state index is 0.126. The second kappa shape index (κ2) is 8.17. The van der Waals surface area contributed by atoms with E-state index in [4.69, 9.17) is 0 Å². The van der Waals surface area contributed by atoms with E-state index >= 15 is 0 Å². The van der Waals surface area contributed by atoms with Crippen LogP contribution < -0.4 is 0 Å². The molecule has 0 aliphatic heterocycles. The SMILES string of the molecule is Cc1ccc2cc(C3(c4ccc5cc(C(C)(C)C)ccc5c4)c4ccccc4-c4ccccc43)ccc2c1. The van der Waals surface area contributed by atoms with Crippen LogP contribution in [0.2, 0.25) is 0 Å². The van der Waals surface area contributed by atoms with Crippen LogP contribution in [0.15, 0.2) is 121 Å². The zero-order chi connectivity index (χ0) is 26.1. The van der Waals surface area contributed by atoms with Gasteiger partial charge in [0, 0.05) is 0 Å². The summed E-state index contributed by atoms with van der Waals surface area (Å²) in [5.41, 5.74) is 10.4. The molecule has 1 aliphatic carbocycles. The molecule has 0 N–H and O–H groups in total. The summed E-state index contributed by atoms with van der Waals surface area (Å²) in [4.78, 5) is 0. The van der Waals surface area contributed by atoms with Crippen molar-refractivity contribution in [3.63, 3.8) is 0 Å². The molecule has 0 heterocycles. The zero-order valence-corrected chi connectivity index (χ0v) is 22.5. The lowest BCUT2D eigenvalue weighted by molar-refractivity contribution is 0.591. The maximum atomic E-state index is 2.43. The molecule has 7 rings (SSSR count). The smallest absolute Gasteiger partial charge is 0.0619 e. The molecule has 0 heteroatoms. The summed E-state index contributed by atoms with van der Waals surface area (Å²) in [6.45, 7) is 9.01. The Labute approximate surface area is 225 Å². The molecule has 0 atom stereocenters. The van der Waals surface area contributed by atoms with E-state index in [-0.39, 0.29) is 10.8 Å². The van der Waals surface area contributed by atoms with E-state index in [9.17, 15) is 0 Å². The first kappa shape index (κ1) is 23.0. The Bertz CT molecular complexity index is 1820. The molecule has 184 valence electrons. The second-order valence-corrected chi connectivity index (χ2v) is 11.9. The average Bonchev–Trinajstić information content (AvgIpc) is 3.23. The fraction of sp³-hybridized carbons (Fsp3) is 0.158. The number of rotatable bonds is 2. The minimum Gasteiger partial charge on any atom is -0.0619 e. The molecule has 0 nitrogen and oxygen atoms in total. The Morgan fingerprint density at radius 3 is 1.53 bits per heavy atom. The first-order chi connectivity index (χ1) is 18.4. The summed E-state index contributed by atoms with van der Waals surface area (Å²) in [7, 11) is 0. The standard InChI is InChI=1S/C38H32/c1-25-13-14-27-23-31(19-16-26(27)21-25)38(35-11-7-5-9-33(35)34-10-6-8-12-36(34)38)32-20-17-28-22-30(37(2,3)4)18-15-29(28)24-32/h5-24H,1-4H3. The van der Waals surface area contributed by atoms with Crippen molar-refractivity contribution in [3.05, 3.63) is 155 Å². The van der Waals surface area contributed by atoms with Crippen LogP contribution in [0.3, 0.4) is 0 Å². The molecular formula is C38H32. The third-order valence-electron chi connectivity index (χ3n) is 8.52. The molecule has 6 aromatic carbocycles. The van der Waals surface area contributed by atoms with Crippen molar-refractivity contribution in [1.82, 2.24) is 0 Å². The molecule has 0 spiro atoms. The first-order valence-electron chi connectivity index (χ1n) is 13.6. The number of aryl methyl sites for hydroxylation is 1. The highest BCUT2D eigenvalue weighted by Crippen LogP contribution is 2.56. The largest absolute Gasteiger partial charge is 0.0714 e. The fourth-order valence-corrected chi connectivity index (χ4v) is 6.57. The highest BCUT2D eigenvalue weighted by atomic mass is 14.5. The van der Waals surface area contributed by atoms with Crippen molar-refractivity contribution in [1.29, 1.82) is 0 Å². The van der Waals surface area contributed by atoms with Gasteiger partial charge in [-0.05, 0) is 85.0 Å². The van der Waals surface area contributed by atoms with E-state index in [2.05, 4.69) is 149 Å². The lowest BCUT2D eigenvalue weighted by atomic mass is 9.67. The van der Waals surface area contributed by atoms with Gasteiger partial charge in [0.05, 0.1) is 5.41 Å². The van der Waals surface area contributed by atoms with E-state index in [1.165, 1.54) is 66.1 Å². The summed E-state index contributed by atoms with van der Waals surface area (Å²) in [5.74, 6) is 0. The summed E-state index contributed by atoms with van der Waals surface area (Å²) >= 11 is 0. The van der Waals surface area contributed by atoms with E-state index in [1.807, 2.05) is 0 Å². The van der Waals surface area contributed by atoms with Crippen LogP contribution in [-0.2, 0) is 10.8 Å². The fourth-order valence-electron chi connectivity index (χ4n) is 6.57. The van der Waals surface area contributed by atoms with Gasteiger partial charge in [-0.15, -0.1) is 0 Å². The lowest BCUT2D eigenvalue weighted by Gasteiger charge is -2.34. The Morgan fingerprint density at radius 2 is 0.947 bits per heavy atom. The zero-order valence-electron chi connectivity index (χ0n) is 22.5. The van der Waals surface area contributed by atoms with Gasteiger partial charge < -0.3 is 0 Å². The van der Waals surface area contributed by atoms with Crippen LogP contribution in [0, 0.1) is 6.92 Å². The van der Waals surface area contributed by atoms with Gasteiger partial charge in [-0.25, -0.2) is 0 Å². The van der Waals surface area contributed by atoms with E-state index in [1.54, 1.807) is 0 Å². The maximum Gasteiger partial charge on any atom is 0.0714 e. The van der Waals surface area contributed by atoms with E-state index in [0.717, 1.165) is 0 Å². The van der Waals surface area contributed by atoms with Crippen LogP contribution in [-0.4, -0.2) is 0 Å². The van der Waals surface area contributed by atoms with Crippen LogP contribution >= 0.6 is 0 Å². The molecule has 1 aliphatic rings. The predicted molar refractivity (Wildman–Crippen MR) is 162 cm³/mol. The van der Waals surface area contributed by atoms with Gasteiger partial charge in [0.25, 0.3) is 0 Å². The molecule has 0 saturated carbocycles. The van der Waals surface area contributed by atoms with Gasteiger partial charge in [-0.3, -0.25) is 0 Å². The Balaban J connectivity index is 1.57. The van der Waals surface area contributed by atoms with Crippen LogP contribution in [0.1, 0.15) is 54.2 Å². The topological polar surface area (TPSA) is 0 Å². The average molecular weight is 489 g/mol. The third kappa shape index (κ3) is 3.30. The number of hydrogen-bond donors (Lipinski definition) is 0. The Kier molecular flexibility index (Phi) is 4.94. The van der Waals surface area contributed by atoms with Gasteiger partial charge in [0.1, 0.15) is 0 Å².